The third-order valence-corrected chi connectivity index (χ3v) is 3.53. The van der Waals surface area contributed by atoms with Gasteiger partial charge < -0.3 is 15.6 Å². The molecule has 1 heterocycles. The molecule has 0 aliphatic rings. The highest BCUT2D eigenvalue weighted by molar-refractivity contribution is 5.86. The minimum Gasteiger partial charge on any atom is -0.352 e. The van der Waals surface area contributed by atoms with E-state index in [1.165, 1.54) is 0 Å². The number of aromatic nitrogens is 1. The Morgan fingerprint density at radius 3 is 2.85 bits per heavy atom. The van der Waals surface area contributed by atoms with Gasteiger partial charge in [0.15, 0.2) is 0 Å². The van der Waals surface area contributed by atoms with E-state index in [9.17, 15) is 4.79 Å². The highest BCUT2D eigenvalue weighted by atomic mass is 16.2. The van der Waals surface area contributed by atoms with Gasteiger partial charge in [0, 0.05) is 29.7 Å². The van der Waals surface area contributed by atoms with E-state index in [4.69, 9.17) is 5.73 Å². The molecule has 2 aromatic rings. The SMILES string of the molecule is CCCC(C)NC(=O)Cn1cc(CN)c2ccccc21. The molecule has 0 aliphatic heterocycles. The first-order valence-corrected chi connectivity index (χ1v) is 7.21. The number of amides is 1. The maximum atomic E-state index is 12.1. The van der Waals surface area contributed by atoms with Crippen molar-refractivity contribution in [1.29, 1.82) is 0 Å². The van der Waals surface area contributed by atoms with Crippen LogP contribution in [0, 0.1) is 0 Å². The molecule has 1 atom stereocenters. The number of rotatable bonds is 6. The quantitative estimate of drug-likeness (QED) is 0.849. The second-order valence-electron chi connectivity index (χ2n) is 5.26. The summed E-state index contributed by atoms with van der Waals surface area (Å²) in [6, 6.07) is 8.28. The summed E-state index contributed by atoms with van der Waals surface area (Å²) >= 11 is 0. The largest absolute Gasteiger partial charge is 0.352 e. The van der Waals surface area contributed by atoms with Crippen LogP contribution in [-0.4, -0.2) is 16.5 Å². The molecule has 3 N–H and O–H groups in total. The molecular formula is C16H23N3O. The second kappa shape index (κ2) is 6.57. The fourth-order valence-electron chi connectivity index (χ4n) is 2.60. The van der Waals surface area contributed by atoms with Crippen LogP contribution in [0.15, 0.2) is 30.5 Å². The Hall–Kier alpha value is -1.81. The molecule has 0 fully saturated rings. The number of nitrogens with one attached hydrogen (secondary N) is 1. The number of carbonyl (C=O) groups is 1. The van der Waals surface area contributed by atoms with Crippen LogP contribution >= 0.6 is 0 Å². The Morgan fingerprint density at radius 2 is 2.15 bits per heavy atom. The Bertz CT molecular complexity index is 588. The normalized spacial score (nSPS) is 12.6. The fourth-order valence-corrected chi connectivity index (χ4v) is 2.60. The second-order valence-corrected chi connectivity index (χ2v) is 5.26. The van der Waals surface area contributed by atoms with Crippen LogP contribution in [0.25, 0.3) is 10.9 Å². The lowest BCUT2D eigenvalue weighted by molar-refractivity contribution is -0.122. The molecule has 0 aliphatic carbocycles. The van der Waals surface area contributed by atoms with E-state index in [0.717, 1.165) is 29.3 Å². The van der Waals surface area contributed by atoms with Crippen LogP contribution in [0.3, 0.4) is 0 Å². The van der Waals surface area contributed by atoms with Gasteiger partial charge in [0.25, 0.3) is 0 Å². The van der Waals surface area contributed by atoms with Crippen molar-refractivity contribution in [1.82, 2.24) is 9.88 Å². The number of hydrogen-bond acceptors (Lipinski definition) is 2. The summed E-state index contributed by atoms with van der Waals surface area (Å²) in [6.45, 7) is 4.99. The van der Waals surface area contributed by atoms with Crippen LogP contribution in [0.4, 0.5) is 0 Å². The Kier molecular flexibility index (Phi) is 4.79. The van der Waals surface area contributed by atoms with Gasteiger partial charge in [0.1, 0.15) is 6.54 Å². The smallest absolute Gasteiger partial charge is 0.240 e. The predicted octanol–water partition coefficient (Wildman–Crippen LogP) is 2.40. The predicted molar refractivity (Wildman–Crippen MR) is 82.3 cm³/mol. The molecule has 1 amide bonds. The lowest BCUT2D eigenvalue weighted by Crippen LogP contribution is -2.34. The molecule has 4 heteroatoms. The molecule has 0 saturated heterocycles. The average Bonchev–Trinajstić information content (AvgIpc) is 2.77. The topological polar surface area (TPSA) is 60.0 Å². The Balaban J connectivity index is 2.15. The van der Waals surface area contributed by atoms with E-state index in [2.05, 4.69) is 12.2 Å². The van der Waals surface area contributed by atoms with Crippen molar-refractivity contribution in [2.75, 3.05) is 0 Å². The van der Waals surface area contributed by atoms with Gasteiger partial charge >= 0.3 is 0 Å². The minimum absolute atomic E-state index is 0.0512. The highest BCUT2D eigenvalue weighted by Gasteiger charge is 2.11. The van der Waals surface area contributed by atoms with Crippen molar-refractivity contribution in [3.63, 3.8) is 0 Å². The first-order valence-electron chi connectivity index (χ1n) is 7.21. The zero-order valence-corrected chi connectivity index (χ0v) is 12.2. The maximum absolute atomic E-state index is 12.1. The molecule has 108 valence electrons. The van der Waals surface area contributed by atoms with Gasteiger partial charge in [-0.1, -0.05) is 31.5 Å². The molecule has 0 radical (unpaired) electrons. The number of para-hydroxylation sites is 1. The lowest BCUT2D eigenvalue weighted by Gasteiger charge is -2.13. The maximum Gasteiger partial charge on any atom is 0.240 e. The fraction of sp³-hybridized carbons (Fsp3) is 0.438. The molecule has 0 saturated carbocycles. The summed E-state index contributed by atoms with van der Waals surface area (Å²) in [7, 11) is 0. The van der Waals surface area contributed by atoms with Crippen molar-refractivity contribution >= 4 is 16.8 Å². The van der Waals surface area contributed by atoms with Crippen molar-refractivity contribution in [3.05, 3.63) is 36.0 Å². The first kappa shape index (κ1) is 14.6. The van der Waals surface area contributed by atoms with E-state index >= 15 is 0 Å². The van der Waals surface area contributed by atoms with Crippen LogP contribution < -0.4 is 11.1 Å². The van der Waals surface area contributed by atoms with Crippen LogP contribution in [0.2, 0.25) is 0 Å². The monoisotopic (exact) mass is 273 g/mol. The molecule has 1 aromatic carbocycles. The standard InChI is InChI=1S/C16H23N3O/c1-3-6-12(2)18-16(20)11-19-10-13(9-17)14-7-4-5-8-15(14)19/h4-5,7-8,10,12H,3,6,9,11,17H2,1-2H3,(H,18,20). The number of nitrogens with two attached hydrogens (primary N) is 1. The van der Waals surface area contributed by atoms with E-state index in [-0.39, 0.29) is 11.9 Å². The number of benzene rings is 1. The van der Waals surface area contributed by atoms with Crippen LogP contribution in [0.1, 0.15) is 32.3 Å². The van der Waals surface area contributed by atoms with Crippen LogP contribution in [0.5, 0.6) is 0 Å². The van der Waals surface area contributed by atoms with Crippen molar-refractivity contribution in [2.24, 2.45) is 5.73 Å². The van der Waals surface area contributed by atoms with Crippen molar-refractivity contribution < 1.29 is 4.79 Å². The zero-order valence-electron chi connectivity index (χ0n) is 12.2. The van der Waals surface area contributed by atoms with E-state index in [1.54, 1.807) is 0 Å². The summed E-state index contributed by atoms with van der Waals surface area (Å²) in [6.07, 6.45) is 4.06. The van der Waals surface area contributed by atoms with Gasteiger partial charge in [-0.3, -0.25) is 4.79 Å². The van der Waals surface area contributed by atoms with Gasteiger partial charge in [-0.15, -0.1) is 0 Å². The van der Waals surface area contributed by atoms with Gasteiger partial charge in [0.05, 0.1) is 0 Å². The van der Waals surface area contributed by atoms with E-state index in [0.29, 0.717) is 13.1 Å². The van der Waals surface area contributed by atoms with E-state index in [1.807, 2.05) is 42.0 Å². The zero-order chi connectivity index (χ0) is 14.5. The van der Waals surface area contributed by atoms with Gasteiger partial charge in [0.2, 0.25) is 5.91 Å². The third kappa shape index (κ3) is 3.20. The highest BCUT2D eigenvalue weighted by Crippen LogP contribution is 2.20. The first-order chi connectivity index (χ1) is 9.65. The lowest BCUT2D eigenvalue weighted by atomic mass is 10.2. The molecule has 2 rings (SSSR count). The minimum atomic E-state index is 0.0512. The van der Waals surface area contributed by atoms with Crippen molar-refractivity contribution in [2.45, 2.75) is 45.8 Å². The molecule has 4 nitrogen and oxygen atoms in total. The summed E-state index contributed by atoms with van der Waals surface area (Å²) in [5.74, 6) is 0.0512. The molecular weight excluding hydrogens is 250 g/mol. The van der Waals surface area contributed by atoms with E-state index < -0.39 is 0 Å². The molecule has 1 unspecified atom stereocenters. The average molecular weight is 273 g/mol. The summed E-state index contributed by atoms with van der Waals surface area (Å²) in [4.78, 5) is 12.1. The van der Waals surface area contributed by atoms with Crippen molar-refractivity contribution in [3.8, 4) is 0 Å². The summed E-state index contributed by atoms with van der Waals surface area (Å²) in [5, 5.41) is 4.16. The Labute approximate surface area is 120 Å². The Morgan fingerprint density at radius 1 is 1.40 bits per heavy atom. The summed E-state index contributed by atoms with van der Waals surface area (Å²) < 4.78 is 1.98. The number of carbonyl (C=O) groups excluding carboxylic acids is 1. The molecule has 0 bridgehead atoms. The molecule has 0 spiro atoms. The third-order valence-electron chi connectivity index (χ3n) is 3.53. The number of fused-ring (bicyclic) bond motifs is 1. The van der Waals surface area contributed by atoms with Gasteiger partial charge in [-0.2, -0.15) is 0 Å². The summed E-state index contributed by atoms with van der Waals surface area (Å²) in [5.41, 5.74) is 7.91. The molecule has 1 aromatic heterocycles. The van der Waals surface area contributed by atoms with Gasteiger partial charge in [-0.25, -0.2) is 0 Å². The number of nitrogens with zero attached hydrogens (tertiary/aromatic N) is 1. The van der Waals surface area contributed by atoms with Crippen LogP contribution in [-0.2, 0) is 17.9 Å². The van der Waals surface area contributed by atoms with Gasteiger partial charge in [-0.05, 0) is 25.0 Å². The molecule has 20 heavy (non-hydrogen) atoms. The number of hydrogen-bond donors (Lipinski definition) is 2.